The van der Waals surface area contributed by atoms with Crippen molar-refractivity contribution < 1.29 is 13.2 Å². The van der Waals surface area contributed by atoms with Crippen molar-refractivity contribution in [3.05, 3.63) is 70.2 Å². The van der Waals surface area contributed by atoms with E-state index in [1.54, 1.807) is 24.3 Å². The van der Waals surface area contributed by atoms with Crippen molar-refractivity contribution in [2.45, 2.75) is 43.9 Å². The van der Waals surface area contributed by atoms with Crippen LogP contribution in [0.2, 0.25) is 5.02 Å². The summed E-state index contributed by atoms with van der Waals surface area (Å²) in [6, 6.07) is 15.2. The van der Waals surface area contributed by atoms with E-state index in [1.807, 2.05) is 12.1 Å². The highest BCUT2D eigenvalue weighted by Crippen LogP contribution is 2.30. The number of sulfonamides is 1. The van der Waals surface area contributed by atoms with E-state index in [-0.39, 0.29) is 30.2 Å². The fourth-order valence-electron chi connectivity index (χ4n) is 4.53. The van der Waals surface area contributed by atoms with Gasteiger partial charge in [-0.3, -0.25) is 4.79 Å². The largest absolute Gasteiger partial charge is 0.349 e. The molecule has 0 saturated carbocycles. The normalized spacial score (nSPS) is 22.3. The Balaban J connectivity index is 1.42. The Morgan fingerprint density at radius 2 is 1.93 bits per heavy atom. The van der Waals surface area contributed by atoms with E-state index in [0.29, 0.717) is 30.0 Å². The molecule has 4 rings (SSSR count). The fourth-order valence-corrected chi connectivity index (χ4v) is 6.34. The second-order valence-corrected chi connectivity index (χ2v) is 10.6. The molecule has 30 heavy (non-hydrogen) atoms. The summed E-state index contributed by atoms with van der Waals surface area (Å²) in [5.41, 5.74) is 3.15. The van der Waals surface area contributed by atoms with E-state index < -0.39 is 10.0 Å². The smallest absolute Gasteiger partial charge is 0.224 e. The van der Waals surface area contributed by atoms with Gasteiger partial charge in [0.1, 0.15) is 0 Å². The number of aryl methyl sites for hydroxylation is 1. The van der Waals surface area contributed by atoms with E-state index in [1.165, 1.54) is 15.4 Å². The zero-order valence-corrected chi connectivity index (χ0v) is 18.5. The molecular weight excluding hydrogens is 420 g/mol. The highest BCUT2D eigenvalue weighted by Gasteiger charge is 2.33. The highest BCUT2D eigenvalue weighted by atomic mass is 35.5. The second kappa shape index (κ2) is 9.08. The first kappa shape index (κ1) is 21.3. The Morgan fingerprint density at radius 1 is 1.10 bits per heavy atom. The third-order valence-electron chi connectivity index (χ3n) is 6.07. The number of nitrogens with zero attached hydrogens (tertiary/aromatic N) is 1. The SMILES string of the molecule is O=C(N[C@H]1CCCc2ccccc21)[C@@H]1CCCN(S(=O)(=O)Cc2cccc(Cl)c2)C1. The maximum atomic E-state index is 13.0. The number of hydrogen-bond acceptors (Lipinski definition) is 3. The Morgan fingerprint density at radius 3 is 2.77 bits per heavy atom. The number of carbonyl (C=O) groups is 1. The van der Waals surface area contributed by atoms with Crippen molar-refractivity contribution in [3.8, 4) is 0 Å². The molecule has 1 aliphatic heterocycles. The van der Waals surface area contributed by atoms with Gasteiger partial charge in [0.2, 0.25) is 15.9 Å². The number of amides is 1. The first-order valence-corrected chi connectivity index (χ1v) is 12.5. The summed E-state index contributed by atoms with van der Waals surface area (Å²) in [7, 11) is -3.51. The van der Waals surface area contributed by atoms with E-state index in [4.69, 9.17) is 11.6 Å². The fraction of sp³-hybridized carbons (Fsp3) is 0.435. The summed E-state index contributed by atoms with van der Waals surface area (Å²) in [4.78, 5) is 13.0. The first-order valence-electron chi connectivity index (χ1n) is 10.5. The highest BCUT2D eigenvalue weighted by molar-refractivity contribution is 7.88. The lowest BCUT2D eigenvalue weighted by atomic mass is 9.87. The van der Waals surface area contributed by atoms with Gasteiger partial charge in [0, 0.05) is 18.1 Å². The molecule has 1 aliphatic carbocycles. The van der Waals surface area contributed by atoms with Crippen molar-refractivity contribution in [2.75, 3.05) is 13.1 Å². The number of carbonyl (C=O) groups excluding carboxylic acids is 1. The van der Waals surface area contributed by atoms with Gasteiger partial charge in [-0.2, -0.15) is 0 Å². The van der Waals surface area contributed by atoms with Crippen LogP contribution in [-0.2, 0) is 27.0 Å². The minimum Gasteiger partial charge on any atom is -0.349 e. The monoisotopic (exact) mass is 446 g/mol. The van der Waals surface area contributed by atoms with Gasteiger partial charge >= 0.3 is 0 Å². The van der Waals surface area contributed by atoms with Gasteiger partial charge in [0.25, 0.3) is 0 Å². The molecule has 160 valence electrons. The van der Waals surface area contributed by atoms with Gasteiger partial charge in [0.05, 0.1) is 17.7 Å². The number of hydrogen-bond donors (Lipinski definition) is 1. The lowest BCUT2D eigenvalue weighted by molar-refractivity contribution is -0.127. The topological polar surface area (TPSA) is 66.5 Å². The van der Waals surface area contributed by atoms with Gasteiger partial charge in [0.15, 0.2) is 0 Å². The first-order chi connectivity index (χ1) is 14.4. The minimum absolute atomic E-state index is 0.0147. The van der Waals surface area contributed by atoms with Crippen LogP contribution < -0.4 is 5.32 Å². The average Bonchev–Trinajstić information content (AvgIpc) is 2.74. The van der Waals surface area contributed by atoms with Crippen LogP contribution in [0.4, 0.5) is 0 Å². The van der Waals surface area contributed by atoms with Crippen LogP contribution in [0.25, 0.3) is 0 Å². The summed E-state index contributed by atoms with van der Waals surface area (Å²) in [6.07, 6.45) is 4.41. The lowest BCUT2D eigenvalue weighted by Crippen LogP contribution is -2.46. The molecule has 2 atom stereocenters. The molecule has 1 amide bonds. The quantitative estimate of drug-likeness (QED) is 0.752. The Labute approximate surface area is 183 Å². The summed E-state index contributed by atoms with van der Waals surface area (Å²) in [5.74, 6) is -0.459. The predicted octanol–water partition coefficient (Wildman–Crippen LogP) is 4.08. The van der Waals surface area contributed by atoms with Crippen LogP contribution in [-0.4, -0.2) is 31.7 Å². The van der Waals surface area contributed by atoms with Gasteiger partial charge in [-0.05, 0) is 60.9 Å². The van der Waals surface area contributed by atoms with Crippen LogP contribution in [0.5, 0.6) is 0 Å². The maximum Gasteiger partial charge on any atom is 0.224 e. The van der Waals surface area contributed by atoms with Crippen molar-refractivity contribution >= 4 is 27.5 Å². The van der Waals surface area contributed by atoms with Gasteiger partial charge in [-0.15, -0.1) is 0 Å². The predicted molar refractivity (Wildman–Crippen MR) is 119 cm³/mol. The van der Waals surface area contributed by atoms with Crippen molar-refractivity contribution in [2.24, 2.45) is 5.92 Å². The zero-order valence-electron chi connectivity index (χ0n) is 16.9. The molecule has 2 aromatic rings. The molecule has 0 bridgehead atoms. The van der Waals surface area contributed by atoms with Crippen LogP contribution in [0.15, 0.2) is 48.5 Å². The lowest BCUT2D eigenvalue weighted by Gasteiger charge is -2.33. The number of rotatable bonds is 5. The molecule has 7 heteroatoms. The van der Waals surface area contributed by atoms with Gasteiger partial charge < -0.3 is 5.32 Å². The Bertz CT molecular complexity index is 1020. The molecule has 2 aromatic carbocycles. The summed E-state index contributed by atoms with van der Waals surface area (Å²) < 4.78 is 27.3. The molecule has 0 spiro atoms. The van der Waals surface area contributed by atoms with E-state index >= 15 is 0 Å². The molecule has 0 radical (unpaired) electrons. The van der Waals surface area contributed by atoms with Crippen molar-refractivity contribution in [1.82, 2.24) is 9.62 Å². The summed E-state index contributed by atoms with van der Waals surface area (Å²) in [6.45, 7) is 0.696. The number of benzene rings is 2. The molecule has 1 saturated heterocycles. The summed E-state index contributed by atoms with van der Waals surface area (Å²) in [5, 5.41) is 3.72. The van der Waals surface area contributed by atoms with Crippen LogP contribution in [0.3, 0.4) is 0 Å². The van der Waals surface area contributed by atoms with Crippen molar-refractivity contribution in [1.29, 1.82) is 0 Å². The van der Waals surface area contributed by atoms with E-state index in [2.05, 4.69) is 17.4 Å². The molecular formula is C23H27ClN2O3S. The number of fused-ring (bicyclic) bond motifs is 1. The molecule has 0 unspecified atom stereocenters. The second-order valence-electron chi connectivity index (χ2n) is 8.24. The number of nitrogens with one attached hydrogen (secondary N) is 1. The molecule has 2 aliphatic rings. The van der Waals surface area contributed by atoms with E-state index in [0.717, 1.165) is 19.3 Å². The third kappa shape index (κ3) is 4.88. The van der Waals surface area contributed by atoms with Crippen LogP contribution in [0.1, 0.15) is 48.4 Å². The average molecular weight is 447 g/mol. The molecule has 1 heterocycles. The van der Waals surface area contributed by atoms with Crippen LogP contribution >= 0.6 is 11.6 Å². The Kier molecular flexibility index (Phi) is 6.46. The summed E-state index contributed by atoms with van der Waals surface area (Å²) >= 11 is 5.99. The maximum absolute atomic E-state index is 13.0. The zero-order chi connectivity index (χ0) is 21.1. The van der Waals surface area contributed by atoms with Gasteiger partial charge in [-0.1, -0.05) is 48.0 Å². The molecule has 5 nitrogen and oxygen atoms in total. The van der Waals surface area contributed by atoms with Crippen molar-refractivity contribution in [3.63, 3.8) is 0 Å². The standard InChI is InChI=1S/C23H27ClN2O3S/c24-20-10-3-6-17(14-20)16-30(28,29)26-13-5-9-19(15-26)23(27)25-22-12-4-8-18-7-1-2-11-21(18)22/h1-3,6-7,10-11,14,19,22H,4-5,8-9,12-13,15-16H2,(H,25,27)/t19-,22+/m1/s1. The Hall–Kier alpha value is -1.89. The molecule has 1 fully saturated rings. The van der Waals surface area contributed by atoms with Crippen LogP contribution in [0, 0.1) is 5.92 Å². The molecule has 0 aromatic heterocycles. The minimum atomic E-state index is -3.51. The third-order valence-corrected chi connectivity index (χ3v) is 8.12. The number of halogens is 1. The molecule has 1 N–H and O–H groups in total. The number of piperidine rings is 1. The van der Waals surface area contributed by atoms with Gasteiger partial charge in [-0.25, -0.2) is 12.7 Å². The van der Waals surface area contributed by atoms with E-state index in [9.17, 15) is 13.2 Å².